The maximum absolute atomic E-state index is 14.1. The van der Waals surface area contributed by atoms with Gasteiger partial charge in [0.15, 0.2) is 4.80 Å². The van der Waals surface area contributed by atoms with Gasteiger partial charge in [0.1, 0.15) is 5.75 Å². The summed E-state index contributed by atoms with van der Waals surface area (Å²) >= 11 is 3.07. The van der Waals surface area contributed by atoms with Crippen LogP contribution in [-0.4, -0.2) is 31.3 Å². The van der Waals surface area contributed by atoms with E-state index >= 15 is 0 Å². The highest BCUT2D eigenvalue weighted by Gasteiger charge is 2.34. The molecule has 3 aromatic carbocycles. The number of benzene rings is 3. The predicted molar refractivity (Wildman–Crippen MR) is 168 cm³/mol. The van der Waals surface area contributed by atoms with Crippen LogP contribution in [0.25, 0.3) is 6.08 Å². The second-order valence-electron chi connectivity index (χ2n) is 10.0. The van der Waals surface area contributed by atoms with Gasteiger partial charge in [0, 0.05) is 16.8 Å². The summed E-state index contributed by atoms with van der Waals surface area (Å²) in [6.45, 7) is 4.05. The third-order valence-electron chi connectivity index (χ3n) is 7.39. The van der Waals surface area contributed by atoms with Crippen molar-refractivity contribution in [2.45, 2.75) is 42.5 Å². The van der Waals surface area contributed by atoms with Crippen LogP contribution in [0, 0.1) is 0 Å². The number of esters is 1. The molecule has 0 saturated carbocycles. The Balaban J connectivity index is 1.50. The van der Waals surface area contributed by atoms with Crippen LogP contribution in [0.4, 0.5) is 11.4 Å². The van der Waals surface area contributed by atoms with Crippen LogP contribution >= 0.6 is 23.1 Å². The summed E-state index contributed by atoms with van der Waals surface area (Å²) in [7, 11) is 3.67. The molecule has 0 saturated heterocycles. The number of para-hydroxylation sites is 1. The minimum Gasteiger partial charge on any atom is -0.497 e. The molecule has 0 N–H and O–H groups in total. The molecule has 7 nitrogen and oxygen atoms in total. The Hall–Kier alpha value is -4.08. The fraction of sp³-hybridized carbons (Fsp3) is 0.242. The number of aromatic nitrogens is 1. The summed E-state index contributed by atoms with van der Waals surface area (Å²) in [6.07, 6.45) is 3.31. The van der Waals surface area contributed by atoms with Crippen molar-refractivity contribution in [2.75, 3.05) is 25.7 Å². The van der Waals surface area contributed by atoms with Gasteiger partial charge >= 0.3 is 5.97 Å². The molecule has 0 fully saturated rings. The molecule has 0 bridgehead atoms. The van der Waals surface area contributed by atoms with Gasteiger partial charge in [-0.25, -0.2) is 9.79 Å². The van der Waals surface area contributed by atoms with E-state index in [1.165, 1.54) is 21.9 Å². The molecule has 0 amide bonds. The Labute approximate surface area is 252 Å². The normalized spacial score (nSPS) is 16.0. The molecule has 3 heterocycles. The van der Waals surface area contributed by atoms with Crippen molar-refractivity contribution in [2.24, 2.45) is 4.99 Å². The number of rotatable bonds is 7. The SMILES string of the molecule is CCCC1=C(C(=O)OCC)[C@@H](c2cccc(OC)c2)n2c(s/c(=C/c3ccc4c(c3)Sc3ccccc3N4C)c2=O)=N1. The second-order valence-corrected chi connectivity index (χ2v) is 12.1. The van der Waals surface area contributed by atoms with Crippen molar-refractivity contribution >= 4 is 46.5 Å². The first-order valence-corrected chi connectivity index (χ1v) is 15.6. The number of ether oxygens (including phenoxy) is 2. The number of thiazole rings is 1. The molecule has 0 radical (unpaired) electrons. The average Bonchev–Trinajstić information content (AvgIpc) is 3.30. The Morgan fingerprint density at radius 3 is 2.62 bits per heavy atom. The van der Waals surface area contributed by atoms with Gasteiger partial charge in [-0.15, -0.1) is 0 Å². The van der Waals surface area contributed by atoms with E-state index < -0.39 is 12.0 Å². The van der Waals surface area contributed by atoms with Gasteiger partial charge in [-0.3, -0.25) is 9.36 Å². The molecule has 2 aliphatic heterocycles. The van der Waals surface area contributed by atoms with Crippen LogP contribution < -0.4 is 24.5 Å². The van der Waals surface area contributed by atoms with Gasteiger partial charge in [-0.2, -0.15) is 0 Å². The second kappa shape index (κ2) is 11.7. The fourth-order valence-electron chi connectivity index (χ4n) is 5.45. The highest BCUT2D eigenvalue weighted by Crippen LogP contribution is 2.47. The van der Waals surface area contributed by atoms with Crippen molar-refractivity contribution in [1.29, 1.82) is 0 Å². The van der Waals surface area contributed by atoms with Crippen LogP contribution in [0.5, 0.6) is 5.75 Å². The molecule has 4 aromatic rings. The molecule has 0 unspecified atom stereocenters. The largest absolute Gasteiger partial charge is 0.497 e. The van der Waals surface area contributed by atoms with Crippen LogP contribution in [-0.2, 0) is 9.53 Å². The Kier molecular flexibility index (Phi) is 7.79. The quantitative estimate of drug-likeness (QED) is 0.250. The summed E-state index contributed by atoms with van der Waals surface area (Å²) in [5.41, 5.74) is 4.85. The number of carbonyl (C=O) groups excluding carboxylic acids is 1. The lowest BCUT2D eigenvalue weighted by Gasteiger charge is -2.29. The topological polar surface area (TPSA) is 73.1 Å². The van der Waals surface area contributed by atoms with E-state index in [4.69, 9.17) is 14.5 Å². The molecule has 0 spiro atoms. The molecule has 1 atom stereocenters. The number of methoxy groups -OCH3 is 1. The van der Waals surface area contributed by atoms with E-state index in [1.807, 2.05) is 55.5 Å². The Morgan fingerprint density at radius 2 is 1.83 bits per heavy atom. The van der Waals surface area contributed by atoms with Gasteiger partial charge in [-0.05, 0) is 66.9 Å². The van der Waals surface area contributed by atoms with E-state index in [9.17, 15) is 9.59 Å². The summed E-state index contributed by atoms with van der Waals surface area (Å²) < 4.78 is 13.2. The average molecular weight is 598 g/mol. The summed E-state index contributed by atoms with van der Waals surface area (Å²) in [4.78, 5) is 37.5. The van der Waals surface area contributed by atoms with Crippen LogP contribution in [0.15, 0.2) is 97.6 Å². The van der Waals surface area contributed by atoms with E-state index in [0.29, 0.717) is 32.8 Å². The van der Waals surface area contributed by atoms with Gasteiger partial charge < -0.3 is 14.4 Å². The lowest BCUT2D eigenvalue weighted by molar-refractivity contribution is -0.139. The number of fused-ring (bicyclic) bond motifs is 3. The summed E-state index contributed by atoms with van der Waals surface area (Å²) in [5, 5.41) is 0. The maximum Gasteiger partial charge on any atom is 0.338 e. The number of hydrogen-bond acceptors (Lipinski definition) is 8. The molecule has 42 heavy (non-hydrogen) atoms. The Morgan fingerprint density at radius 1 is 1.02 bits per heavy atom. The maximum atomic E-state index is 14.1. The molecule has 0 aliphatic carbocycles. The number of hydrogen-bond donors (Lipinski definition) is 0. The third kappa shape index (κ3) is 4.97. The van der Waals surface area contributed by atoms with Crippen LogP contribution in [0.3, 0.4) is 0 Å². The van der Waals surface area contributed by atoms with Gasteiger partial charge in [0.05, 0.1) is 46.9 Å². The molecule has 2 aliphatic rings. The van der Waals surface area contributed by atoms with Crippen molar-refractivity contribution < 1.29 is 14.3 Å². The molecule has 9 heteroatoms. The van der Waals surface area contributed by atoms with Crippen LogP contribution in [0.1, 0.15) is 43.9 Å². The van der Waals surface area contributed by atoms with Crippen molar-refractivity contribution in [3.05, 3.63) is 109 Å². The van der Waals surface area contributed by atoms with E-state index in [0.717, 1.165) is 28.1 Å². The highest BCUT2D eigenvalue weighted by molar-refractivity contribution is 7.99. The smallest absolute Gasteiger partial charge is 0.338 e. The van der Waals surface area contributed by atoms with Crippen molar-refractivity contribution in [3.63, 3.8) is 0 Å². The summed E-state index contributed by atoms with van der Waals surface area (Å²) in [6, 6.07) is 21.4. The fourth-order valence-corrected chi connectivity index (χ4v) is 7.66. The van der Waals surface area contributed by atoms with Gasteiger partial charge in [-0.1, -0.05) is 66.8 Å². The lowest BCUT2D eigenvalue weighted by Crippen LogP contribution is -2.40. The Bertz CT molecular complexity index is 1910. The highest BCUT2D eigenvalue weighted by atomic mass is 32.2. The molecular formula is C33H31N3O4S2. The first-order chi connectivity index (χ1) is 20.4. The molecule has 1 aromatic heterocycles. The predicted octanol–water partition coefficient (Wildman–Crippen LogP) is 5.82. The van der Waals surface area contributed by atoms with Crippen molar-refractivity contribution in [1.82, 2.24) is 4.57 Å². The zero-order valence-electron chi connectivity index (χ0n) is 23.9. The third-order valence-corrected chi connectivity index (χ3v) is 9.49. The van der Waals surface area contributed by atoms with Crippen LogP contribution in [0.2, 0.25) is 0 Å². The van der Waals surface area contributed by atoms with Crippen molar-refractivity contribution in [3.8, 4) is 5.75 Å². The minimum absolute atomic E-state index is 0.197. The minimum atomic E-state index is -0.677. The van der Waals surface area contributed by atoms with E-state index in [2.05, 4.69) is 36.2 Å². The number of nitrogens with zero attached hydrogens (tertiary/aromatic N) is 3. The zero-order chi connectivity index (χ0) is 29.4. The summed E-state index contributed by atoms with van der Waals surface area (Å²) in [5.74, 6) is 0.188. The van der Waals surface area contributed by atoms with E-state index in [-0.39, 0.29) is 12.2 Å². The zero-order valence-corrected chi connectivity index (χ0v) is 25.6. The lowest BCUT2D eigenvalue weighted by atomic mass is 9.94. The number of anilines is 2. The molecule has 214 valence electrons. The number of allylic oxidation sites excluding steroid dienone is 1. The molecule has 6 rings (SSSR count). The monoisotopic (exact) mass is 597 g/mol. The first-order valence-electron chi connectivity index (χ1n) is 13.9. The number of carbonyl (C=O) groups is 1. The standard InChI is InChI=1S/C33H31N3O4S2/c1-5-10-23-29(32(38)40-6-2)30(21-11-9-12-22(19-21)39-4)36-31(37)28(42-33(36)34-23)18-20-15-16-25-27(17-20)41-26-14-8-7-13-24(26)35(25)3/h7-9,11-19,30H,5-6,10H2,1-4H3/b28-18+/t30-/m1/s1. The van der Waals surface area contributed by atoms with Gasteiger partial charge in [0.2, 0.25) is 0 Å². The molecular weight excluding hydrogens is 567 g/mol. The first kappa shape index (κ1) is 28.1. The van der Waals surface area contributed by atoms with Gasteiger partial charge in [0.25, 0.3) is 5.56 Å². The van der Waals surface area contributed by atoms with E-state index in [1.54, 1.807) is 30.4 Å².